The van der Waals surface area contributed by atoms with E-state index >= 15 is 0 Å². The van der Waals surface area contributed by atoms with Crippen LogP contribution in [0.25, 0.3) is 0 Å². The minimum Gasteiger partial charge on any atom is -0.379 e. The third-order valence-electron chi connectivity index (χ3n) is 4.77. The second-order valence-electron chi connectivity index (χ2n) is 6.52. The Hall–Kier alpha value is -0.850. The Morgan fingerprint density at radius 2 is 1.96 bits per heavy atom. The minimum atomic E-state index is 0.718. The van der Waals surface area contributed by atoms with Crippen LogP contribution in [0, 0.1) is 0 Å². The quantitative estimate of drug-likeness (QED) is 0.534. The standard InChI is InChI=1S/C17H35N5O/c1-3-18-17(19-7-10-21-12-14-23-15-13-21)20-8-11-22-9-5-4-6-16(22)2/h16H,3-15H2,1-2H3,(H2,18,19,20). The summed E-state index contributed by atoms with van der Waals surface area (Å²) < 4.78 is 5.38. The van der Waals surface area contributed by atoms with Gasteiger partial charge in [0.25, 0.3) is 0 Å². The summed E-state index contributed by atoms with van der Waals surface area (Å²) in [5.41, 5.74) is 0. The van der Waals surface area contributed by atoms with E-state index in [4.69, 9.17) is 9.73 Å². The van der Waals surface area contributed by atoms with Crippen molar-refractivity contribution in [2.45, 2.75) is 39.2 Å². The summed E-state index contributed by atoms with van der Waals surface area (Å²) in [6, 6.07) is 0.718. The summed E-state index contributed by atoms with van der Waals surface area (Å²) in [7, 11) is 0. The fourth-order valence-electron chi connectivity index (χ4n) is 3.28. The number of guanidine groups is 1. The molecule has 1 unspecified atom stereocenters. The van der Waals surface area contributed by atoms with Gasteiger partial charge in [-0.15, -0.1) is 0 Å². The molecule has 2 fully saturated rings. The summed E-state index contributed by atoms with van der Waals surface area (Å²) in [6.45, 7) is 14.3. The van der Waals surface area contributed by atoms with Crippen LogP contribution in [0.5, 0.6) is 0 Å². The summed E-state index contributed by atoms with van der Waals surface area (Å²) >= 11 is 0. The van der Waals surface area contributed by atoms with Crippen molar-refractivity contribution in [1.29, 1.82) is 0 Å². The van der Waals surface area contributed by atoms with Crippen LogP contribution in [-0.4, -0.2) is 87.4 Å². The van der Waals surface area contributed by atoms with Gasteiger partial charge in [-0.25, -0.2) is 0 Å². The van der Waals surface area contributed by atoms with Crippen molar-refractivity contribution in [2.24, 2.45) is 4.99 Å². The van der Waals surface area contributed by atoms with Gasteiger partial charge in [0.1, 0.15) is 0 Å². The zero-order valence-electron chi connectivity index (χ0n) is 15.0. The van der Waals surface area contributed by atoms with E-state index in [0.29, 0.717) is 0 Å². The molecule has 1 atom stereocenters. The van der Waals surface area contributed by atoms with Gasteiger partial charge in [0, 0.05) is 45.3 Å². The van der Waals surface area contributed by atoms with Crippen LogP contribution in [0.2, 0.25) is 0 Å². The van der Waals surface area contributed by atoms with Gasteiger partial charge < -0.3 is 15.4 Å². The van der Waals surface area contributed by atoms with Crippen molar-refractivity contribution in [3.05, 3.63) is 0 Å². The average Bonchev–Trinajstić information content (AvgIpc) is 2.57. The number of nitrogens with zero attached hydrogens (tertiary/aromatic N) is 3. The van der Waals surface area contributed by atoms with Crippen molar-refractivity contribution >= 4 is 5.96 Å². The van der Waals surface area contributed by atoms with E-state index in [1.807, 2.05) is 0 Å². The maximum Gasteiger partial charge on any atom is 0.191 e. The highest BCUT2D eigenvalue weighted by Gasteiger charge is 2.17. The van der Waals surface area contributed by atoms with Crippen molar-refractivity contribution in [3.8, 4) is 0 Å². The van der Waals surface area contributed by atoms with Gasteiger partial charge in [-0.3, -0.25) is 14.8 Å². The number of ether oxygens (including phenoxy) is 1. The van der Waals surface area contributed by atoms with Gasteiger partial charge in [-0.1, -0.05) is 6.42 Å². The van der Waals surface area contributed by atoms with E-state index in [0.717, 1.165) is 71.0 Å². The molecule has 0 aromatic carbocycles. The van der Waals surface area contributed by atoms with Crippen LogP contribution in [0.3, 0.4) is 0 Å². The summed E-state index contributed by atoms with van der Waals surface area (Å²) in [5, 5.41) is 6.80. The van der Waals surface area contributed by atoms with Crippen molar-refractivity contribution in [3.63, 3.8) is 0 Å². The molecule has 23 heavy (non-hydrogen) atoms. The van der Waals surface area contributed by atoms with Crippen molar-refractivity contribution in [1.82, 2.24) is 20.4 Å². The number of morpholine rings is 1. The Kier molecular flexibility index (Phi) is 8.71. The normalized spacial score (nSPS) is 24.6. The molecule has 2 saturated heterocycles. The van der Waals surface area contributed by atoms with Crippen LogP contribution in [0.4, 0.5) is 0 Å². The SMILES string of the molecule is CCNC(=NCCN1CCCCC1C)NCCN1CCOCC1. The van der Waals surface area contributed by atoms with Crippen LogP contribution in [0.1, 0.15) is 33.1 Å². The Morgan fingerprint density at radius 1 is 1.13 bits per heavy atom. The predicted octanol–water partition coefficient (Wildman–Crippen LogP) is 0.748. The first-order chi connectivity index (χ1) is 11.3. The number of rotatable bonds is 7. The first kappa shape index (κ1) is 18.5. The topological polar surface area (TPSA) is 52.1 Å². The van der Waals surface area contributed by atoms with Crippen LogP contribution < -0.4 is 10.6 Å². The lowest BCUT2D eigenvalue weighted by Crippen LogP contribution is -2.45. The molecule has 2 aliphatic rings. The van der Waals surface area contributed by atoms with E-state index in [9.17, 15) is 0 Å². The minimum absolute atomic E-state index is 0.718. The molecule has 0 bridgehead atoms. The van der Waals surface area contributed by atoms with Crippen molar-refractivity contribution in [2.75, 3.05) is 65.6 Å². The number of aliphatic imine (C=N–C) groups is 1. The van der Waals surface area contributed by atoms with Crippen LogP contribution in [-0.2, 0) is 4.74 Å². The smallest absolute Gasteiger partial charge is 0.191 e. The summed E-state index contributed by atoms with van der Waals surface area (Å²) in [5.74, 6) is 0.949. The number of likely N-dealkylation sites (tertiary alicyclic amines) is 1. The van der Waals surface area contributed by atoms with Gasteiger partial charge in [0.2, 0.25) is 0 Å². The predicted molar refractivity (Wildman–Crippen MR) is 96.1 cm³/mol. The van der Waals surface area contributed by atoms with Gasteiger partial charge in [0.05, 0.1) is 19.8 Å². The summed E-state index contributed by atoms with van der Waals surface area (Å²) in [6.07, 6.45) is 4.06. The highest BCUT2D eigenvalue weighted by atomic mass is 16.5. The molecule has 2 rings (SSSR count). The Morgan fingerprint density at radius 3 is 2.70 bits per heavy atom. The Bertz CT molecular complexity index is 344. The largest absolute Gasteiger partial charge is 0.379 e. The van der Waals surface area contributed by atoms with Crippen LogP contribution >= 0.6 is 0 Å². The zero-order chi connectivity index (χ0) is 16.3. The number of nitrogens with one attached hydrogen (secondary N) is 2. The fourth-order valence-corrected chi connectivity index (χ4v) is 3.28. The van der Waals surface area contributed by atoms with Crippen molar-refractivity contribution < 1.29 is 4.74 Å². The van der Waals surface area contributed by atoms with E-state index in [1.54, 1.807) is 0 Å². The summed E-state index contributed by atoms with van der Waals surface area (Å²) in [4.78, 5) is 9.75. The van der Waals surface area contributed by atoms with Gasteiger partial charge in [0.15, 0.2) is 5.96 Å². The number of hydrogen-bond acceptors (Lipinski definition) is 4. The second kappa shape index (κ2) is 10.8. The molecule has 0 aromatic rings. The maximum absolute atomic E-state index is 5.38. The fraction of sp³-hybridized carbons (Fsp3) is 0.941. The molecular weight excluding hydrogens is 290 g/mol. The highest BCUT2D eigenvalue weighted by Crippen LogP contribution is 2.15. The molecule has 2 aliphatic heterocycles. The number of hydrogen-bond donors (Lipinski definition) is 2. The molecule has 0 aliphatic carbocycles. The van der Waals surface area contributed by atoms with Gasteiger partial charge >= 0.3 is 0 Å². The zero-order valence-corrected chi connectivity index (χ0v) is 15.0. The average molecular weight is 326 g/mol. The molecule has 0 spiro atoms. The monoisotopic (exact) mass is 325 g/mol. The lowest BCUT2D eigenvalue weighted by atomic mass is 10.0. The molecule has 2 N–H and O–H groups in total. The lowest BCUT2D eigenvalue weighted by molar-refractivity contribution is 0.0389. The van der Waals surface area contributed by atoms with Gasteiger partial charge in [-0.05, 0) is 33.2 Å². The molecule has 134 valence electrons. The lowest BCUT2D eigenvalue weighted by Gasteiger charge is -2.32. The first-order valence-corrected chi connectivity index (χ1v) is 9.36. The van der Waals surface area contributed by atoms with E-state index in [2.05, 4.69) is 34.3 Å². The molecule has 6 nitrogen and oxygen atoms in total. The second-order valence-corrected chi connectivity index (χ2v) is 6.52. The molecule has 0 saturated carbocycles. The van der Waals surface area contributed by atoms with E-state index < -0.39 is 0 Å². The van der Waals surface area contributed by atoms with E-state index in [-0.39, 0.29) is 0 Å². The number of piperidine rings is 1. The first-order valence-electron chi connectivity index (χ1n) is 9.36. The maximum atomic E-state index is 5.38. The van der Waals surface area contributed by atoms with Gasteiger partial charge in [-0.2, -0.15) is 0 Å². The Balaban J connectivity index is 1.66. The Labute approximate surface area is 141 Å². The molecule has 2 heterocycles. The molecule has 0 aromatic heterocycles. The van der Waals surface area contributed by atoms with Crippen LogP contribution in [0.15, 0.2) is 4.99 Å². The third kappa shape index (κ3) is 7.06. The van der Waals surface area contributed by atoms with E-state index in [1.165, 1.54) is 25.8 Å². The molecule has 6 heteroatoms. The molecular formula is C17H35N5O. The molecule has 0 radical (unpaired) electrons. The third-order valence-corrected chi connectivity index (χ3v) is 4.77. The molecule has 0 amide bonds. The highest BCUT2D eigenvalue weighted by molar-refractivity contribution is 5.79.